The first kappa shape index (κ1) is 16.9. The highest BCUT2D eigenvalue weighted by molar-refractivity contribution is 5.97. The van der Waals surface area contributed by atoms with Crippen molar-refractivity contribution < 1.29 is 9.53 Å². The molecule has 0 radical (unpaired) electrons. The Kier molecular flexibility index (Phi) is 7.04. The molecule has 23 heavy (non-hydrogen) atoms. The van der Waals surface area contributed by atoms with E-state index in [2.05, 4.69) is 20.5 Å². The molecule has 2 rings (SSSR count). The van der Waals surface area contributed by atoms with Crippen LogP contribution in [0.2, 0.25) is 0 Å². The van der Waals surface area contributed by atoms with Gasteiger partial charge in [-0.05, 0) is 17.7 Å². The average Bonchev–Trinajstić information content (AvgIpc) is 2.60. The third kappa shape index (κ3) is 6.06. The number of nitrogens with one attached hydrogen (secondary N) is 2. The maximum atomic E-state index is 12.0. The lowest BCUT2D eigenvalue weighted by Gasteiger charge is -2.26. The molecule has 0 unspecified atom stereocenters. The second kappa shape index (κ2) is 9.56. The number of hydrogen-bond acceptors (Lipinski definition) is 6. The van der Waals surface area contributed by atoms with Gasteiger partial charge in [0.1, 0.15) is 11.6 Å². The number of carbonyl (C=O) groups excluding carboxylic acids is 1. The Morgan fingerprint density at radius 1 is 1.39 bits per heavy atom. The van der Waals surface area contributed by atoms with Crippen molar-refractivity contribution in [3.05, 3.63) is 41.9 Å². The van der Waals surface area contributed by atoms with Crippen LogP contribution >= 0.6 is 0 Å². The van der Waals surface area contributed by atoms with Crippen molar-refractivity contribution in [1.82, 2.24) is 20.5 Å². The van der Waals surface area contributed by atoms with Crippen molar-refractivity contribution in [1.29, 1.82) is 5.26 Å². The lowest BCUT2D eigenvalue weighted by molar-refractivity contribution is -0.117. The van der Waals surface area contributed by atoms with Gasteiger partial charge >= 0.3 is 0 Å². The van der Waals surface area contributed by atoms with Crippen LogP contribution in [-0.4, -0.2) is 55.2 Å². The number of ether oxygens (including phenoxy) is 1. The summed E-state index contributed by atoms with van der Waals surface area (Å²) in [5.74, 6) is -0.358. The van der Waals surface area contributed by atoms with Crippen LogP contribution in [0.4, 0.5) is 0 Å². The predicted molar refractivity (Wildman–Crippen MR) is 85.0 cm³/mol. The molecule has 2 N–H and O–H groups in total. The summed E-state index contributed by atoms with van der Waals surface area (Å²) < 4.78 is 5.27. The molecule has 7 heteroatoms. The lowest BCUT2D eigenvalue weighted by atomic mass is 10.2. The van der Waals surface area contributed by atoms with Gasteiger partial charge in [0.2, 0.25) is 0 Å². The van der Waals surface area contributed by atoms with Crippen LogP contribution in [-0.2, 0) is 16.1 Å². The van der Waals surface area contributed by atoms with Crippen molar-refractivity contribution in [3.63, 3.8) is 0 Å². The second-order valence-electron chi connectivity index (χ2n) is 5.12. The molecule has 0 bridgehead atoms. The van der Waals surface area contributed by atoms with Gasteiger partial charge in [0.15, 0.2) is 0 Å². The fraction of sp³-hybridized carbons (Fsp3) is 0.438. The summed E-state index contributed by atoms with van der Waals surface area (Å²) in [4.78, 5) is 18.1. The minimum Gasteiger partial charge on any atom is -0.386 e. The van der Waals surface area contributed by atoms with E-state index in [1.807, 2.05) is 18.2 Å². The first-order valence-corrected chi connectivity index (χ1v) is 7.60. The van der Waals surface area contributed by atoms with Gasteiger partial charge in [0, 0.05) is 51.3 Å². The molecule has 1 fully saturated rings. The number of nitriles is 1. The van der Waals surface area contributed by atoms with E-state index in [1.165, 1.54) is 6.20 Å². The van der Waals surface area contributed by atoms with Crippen molar-refractivity contribution in [3.8, 4) is 6.07 Å². The largest absolute Gasteiger partial charge is 0.386 e. The van der Waals surface area contributed by atoms with E-state index < -0.39 is 0 Å². The molecule has 7 nitrogen and oxygen atoms in total. The maximum Gasteiger partial charge on any atom is 0.263 e. The summed E-state index contributed by atoms with van der Waals surface area (Å²) >= 11 is 0. The molecule has 122 valence electrons. The van der Waals surface area contributed by atoms with E-state index in [0.29, 0.717) is 13.1 Å². The van der Waals surface area contributed by atoms with Gasteiger partial charge < -0.3 is 15.4 Å². The Morgan fingerprint density at radius 3 is 2.83 bits per heavy atom. The zero-order valence-corrected chi connectivity index (χ0v) is 13.0. The quantitative estimate of drug-likeness (QED) is 0.545. The Bertz CT molecular complexity index is 562. The molecule has 1 saturated heterocycles. The van der Waals surface area contributed by atoms with Gasteiger partial charge in [-0.1, -0.05) is 0 Å². The van der Waals surface area contributed by atoms with Crippen LogP contribution in [0.25, 0.3) is 0 Å². The molecule has 0 atom stereocenters. The van der Waals surface area contributed by atoms with Gasteiger partial charge in [-0.2, -0.15) is 5.26 Å². The monoisotopic (exact) mass is 315 g/mol. The molecular weight excluding hydrogens is 294 g/mol. The molecule has 0 saturated carbocycles. The van der Waals surface area contributed by atoms with Crippen LogP contribution < -0.4 is 10.6 Å². The fourth-order valence-corrected chi connectivity index (χ4v) is 2.17. The van der Waals surface area contributed by atoms with Crippen LogP contribution in [0.1, 0.15) is 5.56 Å². The molecule has 1 aromatic heterocycles. The second-order valence-corrected chi connectivity index (χ2v) is 5.12. The number of aromatic nitrogens is 1. The smallest absolute Gasteiger partial charge is 0.263 e. The highest BCUT2D eigenvalue weighted by atomic mass is 16.5. The van der Waals surface area contributed by atoms with Crippen LogP contribution in [0.15, 0.2) is 36.3 Å². The zero-order chi connectivity index (χ0) is 16.3. The zero-order valence-electron chi connectivity index (χ0n) is 13.0. The van der Waals surface area contributed by atoms with Crippen molar-refractivity contribution in [2.45, 2.75) is 6.54 Å². The van der Waals surface area contributed by atoms with Crippen LogP contribution in [0, 0.1) is 11.3 Å². The number of nitrogens with zero attached hydrogens (tertiary/aromatic N) is 3. The average molecular weight is 315 g/mol. The molecule has 0 aliphatic carbocycles. The van der Waals surface area contributed by atoms with Gasteiger partial charge in [-0.3, -0.25) is 14.7 Å². The minimum atomic E-state index is -0.358. The van der Waals surface area contributed by atoms with E-state index in [1.54, 1.807) is 12.4 Å². The third-order valence-corrected chi connectivity index (χ3v) is 3.48. The van der Waals surface area contributed by atoms with Gasteiger partial charge in [-0.15, -0.1) is 0 Å². The van der Waals surface area contributed by atoms with Crippen LogP contribution in [0.3, 0.4) is 0 Å². The van der Waals surface area contributed by atoms with Gasteiger partial charge in [0.05, 0.1) is 13.2 Å². The summed E-state index contributed by atoms with van der Waals surface area (Å²) in [6.45, 7) is 5.04. The number of rotatable bonds is 7. The normalized spacial score (nSPS) is 15.7. The highest BCUT2D eigenvalue weighted by Gasteiger charge is 2.12. The third-order valence-electron chi connectivity index (χ3n) is 3.48. The first-order valence-electron chi connectivity index (χ1n) is 7.60. The number of carbonyl (C=O) groups is 1. The summed E-state index contributed by atoms with van der Waals surface area (Å²) in [5, 5.41) is 14.8. The molecule has 1 aromatic rings. The number of hydrogen-bond donors (Lipinski definition) is 2. The van der Waals surface area contributed by atoms with E-state index in [4.69, 9.17) is 10.00 Å². The molecule has 1 aliphatic heterocycles. The first-order chi connectivity index (χ1) is 11.3. The van der Waals surface area contributed by atoms with E-state index in [9.17, 15) is 4.79 Å². The Balaban J connectivity index is 1.72. The summed E-state index contributed by atoms with van der Waals surface area (Å²) in [6, 6.07) is 5.66. The van der Waals surface area contributed by atoms with Crippen molar-refractivity contribution >= 4 is 5.91 Å². The Labute approximate surface area is 135 Å². The van der Waals surface area contributed by atoms with E-state index >= 15 is 0 Å². The molecule has 1 amide bonds. The Hall–Kier alpha value is -2.43. The SMILES string of the molecule is N#C/C(=C/NCc1ccncc1)C(=O)NCCN1CCOCC1. The lowest BCUT2D eigenvalue weighted by Crippen LogP contribution is -2.41. The topological polar surface area (TPSA) is 90.3 Å². The fourth-order valence-electron chi connectivity index (χ4n) is 2.17. The van der Waals surface area contributed by atoms with Crippen LogP contribution in [0.5, 0.6) is 0 Å². The van der Waals surface area contributed by atoms with Gasteiger partial charge in [-0.25, -0.2) is 0 Å². The van der Waals surface area contributed by atoms with Crippen molar-refractivity contribution in [2.24, 2.45) is 0 Å². The summed E-state index contributed by atoms with van der Waals surface area (Å²) in [6.07, 6.45) is 4.85. The number of morpholine rings is 1. The van der Waals surface area contributed by atoms with Crippen molar-refractivity contribution in [2.75, 3.05) is 39.4 Å². The summed E-state index contributed by atoms with van der Waals surface area (Å²) in [5.41, 5.74) is 1.10. The number of amides is 1. The van der Waals surface area contributed by atoms with E-state index in [-0.39, 0.29) is 11.5 Å². The molecule has 1 aliphatic rings. The molecule has 0 spiro atoms. The molecule has 2 heterocycles. The Morgan fingerprint density at radius 2 is 2.13 bits per heavy atom. The maximum absolute atomic E-state index is 12.0. The minimum absolute atomic E-state index is 0.0704. The number of pyridine rings is 1. The predicted octanol–water partition coefficient (Wildman–Crippen LogP) is 0.0271. The van der Waals surface area contributed by atoms with E-state index in [0.717, 1.165) is 38.4 Å². The summed E-state index contributed by atoms with van der Waals surface area (Å²) in [7, 11) is 0. The van der Waals surface area contributed by atoms with Gasteiger partial charge in [0.25, 0.3) is 5.91 Å². The molecule has 0 aromatic carbocycles. The highest BCUT2D eigenvalue weighted by Crippen LogP contribution is 1.97. The standard InChI is InChI=1S/C16H21N5O2/c17-11-15(13-19-12-14-1-3-18-4-2-14)16(22)20-5-6-21-7-9-23-10-8-21/h1-4,13,19H,5-10,12H2,(H,20,22)/b15-13-. The molecular formula is C16H21N5O2.